The zero-order chi connectivity index (χ0) is 10.8. The average Bonchev–Trinajstić information content (AvgIpc) is 2.27. The highest BCUT2D eigenvalue weighted by molar-refractivity contribution is 9.10. The first kappa shape index (κ1) is 10.6. The molecule has 0 aliphatic heterocycles. The lowest BCUT2D eigenvalue weighted by Gasteiger charge is -2.20. The van der Waals surface area contributed by atoms with Crippen molar-refractivity contribution in [3.05, 3.63) is 39.9 Å². The molecular weight excluding hydrogens is 250 g/mol. The molecule has 0 heterocycles. The van der Waals surface area contributed by atoms with Gasteiger partial charge in [0.15, 0.2) is 0 Å². The molecule has 1 aliphatic carbocycles. The van der Waals surface area contributed by atoms with Crippen molar-refractivity contribution in [2.45, 2.75) is 19.8 Å². The molecule has 0 bridgehead atoms. The van der Waals surface area contributed by atoms with Gasteiger partial charge in [-0.3, -0.25) is 4.99 Å². The summed E-state index contributed by atoms with van der Waals surface area (Å²) in [6.07, 6.45) is 4.31. The Hall–Kier alpha value is -0.890. The maximum Gasteiger partial charge on any atom is 0.0423 e. The lowest BCUT2D eigenvalue weighted by atomic mass is 9.86. The van der Waals surface area contributed by atoms with Gasteiger partial charge in [0.05, 0.1) is 0 Å². The van der Waals surface area contributed by atoms with E-state index in [4.69, 9.17) is 0 Å². The fourth-order valence-corrected chi connectivity index (χ4v) is 2.54. The smallest absolute Gasteiger partial charge is 0.0423 e. The minimum Gasteiger partial charge on any atom is -0.292 e. The Labute approximate surface area is 99.1 Å². The lowest BCUT2D eigenvalue weighted by Crippen LogP contribution is -2.12. The number of rotatable bonds is 0. The molecule has 1 aromatic carbocycles. The van der Waals surface area contributed by atoms with Crippen LogP contribution in [-0.2, 0) is 6.42 Å². The van der Waals surface area contributed by atoms with Crippen LogP contribution in [0.1, 0.15) is 24.5 Å². The summed E-state index contributed by atoms with van der Waals surface area (Å²) in [5.41, 5.74) is 5.29. The van der Waals surface area contributed by atoms with Gasteiger partial charge in [0.2, 0.25) is 0 Å². The molecule has 0 atom stereocenters. The quantitative estimate of drug-likeness (QED) is 0.674. The van der Waals surface area contributed by atoms with E-state index in [0.29, 0.717) is 0 Å². The van der Waals surface area contributed by atoms with Crippen molar-refractivity contribution >= 4 is 27.2 Å². The molecule has 0 spiro atoms. The van der Waals surface area contributed by atoms with E-state index >= 15 is 0 Å². The van der Waals surface area contributed by atoms with Crippen molar-refractivity contribution in [2.24, 2.45) is 4.99 Å². The van der Waals surface area contributed by atoms with Crippen LogP contribution in [0.25, 0.3) is 5.57 Å². The predicted octanol–water partition coefficient (Wildman–Crippen LogP) is 3.87. The molecule has 78 valence electrons. The van der Waals surface area contributed by atoms with E-state index in [0.717, 1.165) is 17.3 Å². The third-order valence-corrected chi connectivity index (χ3v) is 3.35. The van der Waals surface area contributed by atoms with E-state index in [1.54, 1.807) is 0 Å². The number of fused-ring (bicyclic) bond motifs is 1. The summed E-state index contributed by atoms with van der Waals surface area (Å²) < 4.78 is 1.16. The molecule has 0 aromatic heterocycles. The van der Waals surface area contributed by atoms with Gasteiger partial charge in [0.25, 0.3) is 0 Å². The molecule has 1 nitrogen and oxygen atoms in total. The number of halogens is 1. The van der Waals surface area contributed by atoms with Gasteiger partial charge in [-0.05, 0) is 48.6 Å². The third kappa shape index (κ3) is 1.91. The predicted molar refractivity (Wildman–Crippen MR) is 69.5 cm³/mol. The zero-order valence-corrected chi connectivity index (χ0v) is 10.6. The summed E-state index contributed by atoms with van der Waals surface area (Å²) in [6.45, 7) is 2.08. The van der Waals surface area contributed by atoms with Crippen LogP contribution in [0.3, 0.4) is 0 Å². The molecule has 2 heteroatoms. The monoisotopic (exact) mass is 263 g/mol. The normalized spacial score (nSPS) is 20.7. The topological polar surface area (TPSA) is 12.4 Å². The molecule has 0 radical (unpaired) electrons. The van der Waals surface area contributed by atoms with Gasteiger partial charge in [-0.2, -0.15) is 0 Å². The second-order valence-electron chi connectivity index (χ2n) is 3.67. The van der Waals surface area contributed by atoms with Gasteiger partial charge < -0.3 is 0 Å². The van der Waals surface area contributed by atoms with Crippen molar-refractivity contribution in [3.63, 3.8) is 0 Å². The van der Waals surface area contributed by atoms with Crippen LogP contribution in [0.4, 0.5) is 0 Å². The number of hydrogen-bond donors (Lipinski definition) is 0. The first-order valence-electron chi connectivity index (χ1n) is 5.17. The molecule has 15 heavy (non-hydrogen) atoms. The van der Waals surface area contributed by atoms with Crippen LogP contribution in [0.5, 0.6) is 0 Å². The highest BCUT2D eigenvalue weighted by Gasteiger charge is 2.18. The van der Waals surface area contributed by atoms with Gasteiger partial charge in [-0.1, -0.05) is 28.1 Å². The summed E-state index contributed by atoms with van der Waals surface area (Å²) in [5, 5.41) is 0. The molecule has 2 rings (SSSR count). The lowest BCUT2D eigenvalue weighted by molar-refractivity contribution is 1.01. The van der Waals surface area contributed by atoms with E-state index in [9.17, 15) is 0 Å². The summed E-state index contributed by atoms with van der Waals surface area (Å²) in [7, 11) is 1.88. The van der Waals surface area contributed by atoms with Gasteiger partial charge >= 0.3 is 0 Å². The van der Waals surface area contributed by atoms with Crippen LogP contribution in [-0.4, -0.2) is 12.8 Å². The van der Waals surface area contributed by atoms with Crippen LogP contribution in [0, 0.1) is 0 Å². The minimum atomic E-state index is 1.06. The standard InChI is InChI=1S/C13H14BrN/c1-3-11-12-6-5-10(14)8-9(12)4-7-13(11)15-2/h3,5-6,8H,4,7H2,1-2H3/b11-3-,15-13-. The summed E-state index contributed by atoms with van der Waals surface area (Å²) in [6, 6.07) is 6.49. The maximum absolute atomic E-state index is 4.36. The second-order valence-corrected chi connectivity index (χ2v) is 4.59. The minimum absolute atomic E-state index is 1.06. The van der Waals surface area contributed by atoms with Crippen molar-refractivity contribution in [3.8, 4) is 0 Å². The van der Waals surface area contributed by atoms with Gasteiger partial charge in [-0.25, -0.2) is 0 Å². The Morgan fingerprint density at radius 3 is 2.80 bits per heavy atom. The molecule has 0 saturated heterocycles. The fraction of sp³-hybridized carbons (Fsp3) is 0.308. The zero-order valence-electron chi connectivity index (χ0n) is 9.05. The molecule has 1 aliphatic rings. The van der Waals surface area contributed by atoms with E-state index in [1.807, 2.05) is 7.05 Å². The van der Waals surface area contributed by atoms with E-state index in [2.05, 4.69) is 52.1 Å². The Morgan fingerprint density at radius 2 is 2.13 bits per heavy atom. The summed E-state index contributed by atoms with van der Waals surface area (Å²) >= 11 is 3.51. The Kier molecular flexibility index (Phi) is 3.06. The molecule has 0 unspecified atom stereocenters. The van der Waals surface area contributed by atoms with Crippen molar-refractivity contribution in [1.82, 2.24) is 0 Å². The van der Waals surface area contributed by atoms with Gasteiger partial charge in [-0.15, -0.1) is 0 Å². The van der Waals surface area contributed by atoms with Crippen molar-refractivity contribution in [2.75, 3.05) is 7.05 Å². The van der Waals surface area contributed by atoms with Gasteiger partial charge in [0.1, 0.15) is 0 Å². The number of hydrogen-bond acceptors (Lipinski definition) is 1. The van der Waals surface area contributed by atoms with E-state index in [-0.39, 0.29) is 0 Å². The molecule has 1 aromatic rings. The molecule has 0 fully saturated rings. The SMILES string of the molecule is C/C=C1\C(=N/C)CCc2cc(Br)ccc21. The summed E-state index contributed by atoms with van der Waals surface area (Å²) in [4.78, 5) is 4.36. The molecule has 0 amide bonds. The van der Waals surface area contributed by atoms with Crippen molar-refractivity contribution < 1.29 is 0 Å². The maximum atomic E-state index is 4.36. The summed E-state index contributed by atoms with van der Waals surface area (Å²) in [5.74, 6) is 0. The first-order chi connectivity index (χ1) is 7.26. The third-order valence-electron chi connectivity index (χ3n) is 2.86. The van der Waals surface area contributed by atoms with E-state index < -0.39 is 0 Å². The Morgan fingerprint density at radius 1 is 1.33 bits per heavy atom. The molecule has 0 N–H and O–H groups in total. The van der Waals surface area contributed by atoms with Crippen molar-refractivity contribution in [1.29, 1.82) is 0 Å². The van der Waals surface area contributed by atoms with Gasteiger partial charge in [0, 0.05) is 17.2 Å². The van der Waals surface area contributed by atoms with Crippen LogP contribution in [0.2, 0.25) is 0 Å². The van der Waals surface area contributed by atoms with Crippen LogP contribution < -0.4 is 0 Å². The highest BCUT2D eigenvalue weighted by atomic mass is 79.9. The average molecular weight is 264 g/mol. The number of allylic oxidation sites excluding steroid dienone is 2. The van der Waals surface area contributed by atoms with E-state index in [1.165, 1.54) is 22.4 Å². The number of aliphatic imine (C=N–C) groups is 1. The Balaban J connectivity index is 2.57. The van der Waals surface area contributed by atoms with Crippen LogP contribution in [0.15, 0.2) is 33.7 Å². The van der Waals surface area contributed by atoms with Crippen LogP contribution >= 0.6 is 15.9 Å². The largest absolute Gasteiger partial charge is 0.292 e. The number of aryl methyl sites for hydroxylation is 1. The number of nitrogens with zero attached hydrogens (tertiary/aromatic N) is 1. The fourth-order valence-electron chi connectivity index (χ4n) is 2.13. The second kappa shape index (κ2) is 4.31. The number of benzene rings is 1. The molecular formula is C13H14BrN. The first-order valence-corrected chi connectivity index (χ1v) is 5.96. The Bertz CT molecular complexity index is 444. The highest BCUT2D eigenvalue weighted by Crippen LogP contribution is 2.30. The molecule has 0 saturated carbocycles.